The maximum Gasteiger partial charge on any atom is 0.253 e. The maximum absolute atomic E-state index is 12.8. The molecule has 1 spiro atoms. The number of amides is 1. The zero-order chi connectivity index (χ0) is 16.6. The first kappa shape index (κ1) is 16.5. The number of thioether (sulfide) groups is 1. The summed E-state index contributed by atoms with van der Waals surface area (Å²) in [5, 5.41) is 0. The third-order valence-electron chi connectivity index (χ3n) is 6.02. The first-order valence-electron chi connectivity index (χ1n) is 9.33. The number of rotatable bonds is 4. The molecule has 2 aliphatic heterocycles. The summed E-state index contributed by atoms with van der Waals surface area (Å²) in [6, 6.07) is 8.09. The van der Waals surface area contributed by atoms with Gasteiger partial charge in [0.25, 0.3) is 5.91 Å². The molecule has 1 amide bonds. The van der Waals surface area contributed by atoms with Gasteiger partial charge in [0.2, 0.25) is 0 Å². The van der Waals surface area contributed by atoms with Crippen molar-refractivity contribution in [2.45, 2.75) is 37.0 Å². The van der Waals surface area contributed by atoms with Gasteiger partial charge in [0.05, 0.1) is 0 Å². The molecule has 1 atom stereocenters. The number of carbonyl (C=O) groups excluding carboxylic acids is 1. The quantitative estimate of drug-likeness (QED) is 0.777. The molecule has 1 aromatic carbocycles. The molecule has 3 nitrogen and oxygen atoms in total. The minimum absolute atomic E-state index is 0.221. The number of hydrogen-bond donors (Lipinski definition) is 0. The van der Waals surface area contributed by atoms with E-state index in [9.17, 15) is 4.79 Å². The zero-order valence-corrected chi connectivity index (χ0v) is 15.5. The van der Waals surface area contributed by atoms with Gasteiger partial charge in [0.1, 0.15) is 0 Å². The van der Waals surface area contributed by atoms with Crippen LogP contribution in [-0.2, 0) is 0 Å². The molecule has 0 N–H and O–H groups in total. The van der Waals surface area contributed by atoms with Crippen molar-refractivity contribution >= 4 is 17.7 Å². The predicted molar refractivity (Wildman–Crippen MR) is 99.6 cm³/mol. The van der Waals surface area contributed by atoms with Crippen LogP contribution in [0.1, 0.15) is 42.5 Å². The smallest absolute Gasteiger partial charge is 0.253 e. The largest absolute Gasteiger partial charge is 0.338 e. The van der Waals surface area contributed by atoms with Crippen LogP contribution in [0.2, 0.25) is 0 Å². The summed E-state index contributed by atoms with van der Waals surface area (Å²) in [6.07, 6.45) is 8.71. The summed E-state index contributed by atoms with van der Waals surface area (Å²) in [5.74, 6) is 1.19. The Morgan fingerprint density at radius 3 is 2.67 bits per heavy atom. The van der Waals surface area contributed by atoms with Crippen LogP contribution in [0.25, 0.3) is 0 Å². The average molecular weight is 345 g/mol. The molecule has 0 radical (unpaired) electrons. The molecule has 24 heavy (non-hydrogen) atoms. The molecule has 4 heteroatoms. The van der Waals surface area contributed by atoms with Gasteiger partial charge < -0.3 is 9.80 Å². The zero-order valence-electron chi connectivity index (χ0n) is 14.7. The number of benzene rings is 1. The van der Waals surface area contributed by atoms with Crippen LogP contribution in [0.4, 0.5) is 0 Å². The Kier molecular flexibility index (Phi) is 4.61. The normalized spacial score (nSPS) is 27.8. The lowest BCUT2D eigenvalue weighted by atomic mass is 9.79. The van der Waals surface area contributed by atoms with Gasteiger partial charge in [0.15, 0.2) is 0 Å². The molecule has 2 saturated heterocycles. The Morgan fingerprint density at radius 2 is 1.96 bits per heavy atom. The first-order chi connectivity index (χ1) is 11.7. The van der Waals surface area contributed by atoms with E-state index < -0.39 is 0 Å². The molecule has 2 heterocycles. The van der Waals surface area contributed by atoms with E-state index in [1.54, 1.807) is 11.8 Å². The van der Waals surface area contributed by atoms with Gasteiger partial charge in [-0.2, -0.15) is 0 Å². The Hall–Kier alpha value is -1.00. The van der Waals surface area contributed by atoms with Crippen LogP contribution in [0.15, 0.2) is 29.2 Å². The van der Waals surface area contributed by atoms with Gasteiger partial charge in [-0.25, -0.2) is 0 Å². The molecule has 1 saturated carbocycles. The van der Waals surface area contributed by atoms with Gasteiger partial charge in [-0.15, -0.1) is 11.8 Å². The van der Waals surface area contributed by atoms with Crippen LogP contribution < -0.4 is 0 Å². The second-order valence-electron chi connectivity index (χ2n) is 7.99. The van der Waals surface area contributed by atoms with Crippen LogP contribution >= 0.6 is 11.8 Å². The third kappa shape index (κ3) is 3.50. The minimum atomic E-state index is 0.221. The summed E-state index contributed by atoms with van der Waals surface area (Å²) < 4.78 is 0. The summed E-state index contributed by atoms with van der Waals surface area (Å²) in [7, 11) is 0. The number of piperidine rings is 1. The van der Waals surface area contributed by atoms with Crippen molar-refractivity contribution < 1.29 is 4.79 Å². The van der Waals surface area contributed by atoms with Crippen molar-refractivity contribution in [1.29, 1.82) is 0 Å². The molecular weight excluding hydrogens is 316 g/mol. The van der Waals surface area contributed by atoms with E-state index in [0.29, 0.717) is 5.41 Å². The fraction of sp³-hybridized carbons (Fsp3) is 0.650. The standard InChI is InChI=1S/C20H28N2OS/c1-24-18-7-5-17(6-8-18)19(23)22-12-10-20(15-22)9-2-11-21(14-20)13-16-3-4-16/h5-8,16H,2-4,9-15H2,1H3/t20-/m0/s1. The van der Waals surface area contributed by atoms with Gasteiger partial charge in [-0.05, 0) is 75.1 Å². The molecule has 0 aromatic heterocycles. The molecule has 0 unspecified atom stereocenters. The molecule has 1 aromatic rings. The van der Waals surface area contributed by atoms with E-state index in [-0.39, 0.29) is 5.91 Å². The van der Waals surface area contributed by atoms with Gasteiger partial charge >= 0.3 is 0 Å². The lowest BCUT2D eigenvalue weighted by Crippen LogP contribution is -2.46. The van der Waals surface area contributed by atoms with Gasteiger partial charge in [-0.3, -0.25) is 4.79 Å². The fourth-order valence-electron chi connectivity index (χ4n) is 4.49. The van der Waals surface area contributed by atoms with E-state index in [1.807, 2.05) is 12.1 Å². The number of nitrogens with zero attached hydrogens (tertiary/aromatic N) is 2. The monoisotopic (exact) mass is 344 g/mol. The SMILES string of the molecule is CSc1ccc(C(=O)N2CC[C@]3(CCCN(CC4CC4)C3)C2)cc1. The van der Waals surface area contributed by atoms with E-state index in [4.69, 9.17) is 0 Å². The van der Waals surface area contributed by atoms with Crippen molar-refractivity contribution in [1.82, 2.24) is 9.80 Å². The van der Waals surface area contributed by atoms with Crippen LogP contribution in [0.3, 0.4) is 0 Å². The first-order valence-corrected chi connectivity index (χ1v) is 10.6. The van der Waals surface area contributed by atoms with Crippen molar-refractivity contribution in [3.05, 3.63) is 29.8 Å². The number of carbonyl (C=O) groups is 1. The number of hydrogen-bond acceptors (Lipinski definition) is 3. The molecule has 3 fully saturated rings. The van der Waals surface area contributed by atoms with E-state index in [1.165, 1.54) is 56.6 Å². The topological polar surface area (TPSA) is 23.6 Å². The fourth-order valence-corrected chi connectivity index (χ4v) is 4.90. The van der Waals surface area contributed by atoms with Crippen LogP contribution in [-0.4, -0.2) is 54.7 Å². The van der Waals surface area contributed by atoms with E-state index in [2.05, 4.69) is 28.2 Å². The lowest BCUT2D eigenvalue weighted by molar-refractivity contribution is 0.0681. The summed E-state index contributed by atoms with van der Waals surface area (Å²) >= 11 is 1.72. The highest BCUT2D eigenvalue weighted by molar-refractivity contribution is 7.98. The summed E-state index contributed by atoms with van der Waals surface area (Å²) in [6.45, 7) is 5.66. The van der Waals surface area contributed by atoms with Crippen molar-refractivity contribution in [2.75, 3.05) is 39.0 Å². The van der Waals surface area contributed by atoms with E-state index >= 15 is 0 Å². The van der Waals surface area contributed by atoms with Crippen LogP contribution in [0.5, 0.6) is 0 Å². The highest BCUT2D eigenvalue weighted by Gasteiger charge is 2.43. The van der Waals surface area contributed by atoms with Gasteiger partial charge in [-0.1, -0.05) is 0 Å². The Labute approximate surface area is 149 Å². The Balaban J connectivity index is 1.40. The van der Waals surface area contributed by atoms with Crippen LogP contribution in [0, 0.1) is 11.3 Å². The van der Waals surface area contributed by atoms with Crippen molar-refractivity contribution in [2.24, 2.45) is 11.3 Å². The summed E-state index contributed by atoms with van der Waals surface area (Å²) in [4.78, 5) is 18.9. The van der Waals surface area contributed by atoms with E-state index in [0.717, 1.165) is 24.6 Å². The molecule has 130 valence electrons. The lowest BCUT2D eigenvalue weighted by Gasteiger charge is -2.40. The maximum atomic E-state index is 12.8. The highest BCUT2D eigenvalue weighted by Crippen LogP contribution is 2.41. The Bertz CT molecular complexity index is 598. The second-order valence-corrected chi connectivity index (χ2v) is 8.87. The van der Waals surface area contributed by atoms with Gasteiger partial charge in [0, 0.05) is 42.1 Å². The molecule has 0 bridgehead atoms. The minimum Gasteiger partial charge on any atom is -0.338 e. The summed E-state index contributed by atoms with van der Waals surface area (Å²) in [5.41, 5.74) is 1.21. The highest BCUT2D eigenvalue weighted by atomic mass is 32.2. The molecule has 4 rings (SSSR count). The molecule has 3 aliphatic rings. The van der Waals surface area contributed by atoms with Crippen molar-refractivity contribution in [3.63, 3.8) is 0 Å². The third-order valence-corrected chi connectivity index (χ3v) is 6.76. The molecular formula is C20H28N2OS. The Morgan fingerprint density at radius 1 is 1.17 bits per heavy atom. The average Bonchev–Trinajstić information content (AvgIpc) is 3.34. The molecule has 1 aliphatic carbocycles. The number of likely N-dealkylation sites (tertiary alicyclic amines) is 2. The second kappa shape index (κ2) is 6.72. The van der Waals surface area contributed by atoms with Crippen molar-refractivity contribution in [3.8, 4) is 0 Å². The predicted octanol–water partition coefficient (Wildman–Crippen LogP) is 3.75.